The standard InChI is InChI=1S/C11H16N4/c1-2-10-12-11(14-7-3-4-8-14)13-15(10)9-5-6-9/h2,9H,1,3-8H2. The van der Waals surface area contributed by atoms with Crippen molar-refractivity contribution in [3.8, 4) is 0 Å². The third-order valence-corrected chi connectivity index (χ3v) is 3.11. The topological polar surface area (TPSA) is 34.0 Å². The van der Waals surface area contributed by atoms with Crippen LogP contribution in [0.15, 0.2) is 6.58 Å². The predicted molar refractivity (Wildman–Crippen MR) is 59.8 cm³/mol. The predicted octanol–water partition coefficient (Wildman–Crippen LogP) is 1.86. The normalized spacial score (nSPS) is 20.9. The molecule has 0 atom stereocenters. The fraction of sp³-hybridized carbons (Fsp3) is 0.636. The number of aromatic nitrogens is 3. The van der Waals surface area contributed by atoms with E-state index in [2.05, 4.69) is 21.6 Å². The summed E-state index contributed by atoms with van der Waals surface area (Å²) >= 11 is 0. The van der Waals surface area contributed by atoms with Gasteiger partial charge in [-0.1, -0.05) is 6.58 Å². The van der Waals surface area contributed by atoms with Crippen LogP contribution in [0.1, 0.15) is 37.5 Å². The first-order valence-corrected chi connectivity index (χ1v) is 5.72. The molecule has 0 unspecified atom stereocenters. The van der Waals surface area contributed by atoms with E-state index in [9.17, 15) is 0 Å². The van der Waals surface area contributed by atoms with Crippen LogP contribution < -0.4 is 4.90 Å². The zero-order chi connectivity index (χ0) is 10.3. The van der Waals surface area contributed by atoms with Gasteiger partial charge >= 0.3 is 0 Å². The molecule has 4 nitrogen and oxygen atoms in total. The van der Waals surface area contributed by atoms with Gasteiger partial charge in [0, 0.05) is 13.1 Å². The van der Waals surface area contributed by atoms with E-state index in [-0.39, 0.29) is 0 Å². The van der Waals surface area contributed by atoms with Crippen molar-refractivity contribution in [2.75, 3.05) is 18.0 Å². The molecular weight excluding hydrogens is 188 g/mol. The Morgan fingerprint density at radius 3 is 2.60 bits per heavy atom. The summed E-state index contributed by atoms with van der Waals surface area (Å²) < 4.78 is 2.04. The molecule has 1 aromatic rings. The van der Waals surface area contributed by atoms with Gasteiger partial charge in [-0.25, -0.2) is 4.68 Å². The van der Waals surface area contributed by atoms with E-state index in [4.69, 9.17) is 0 Å². The van der Waals surface area contributed by atoms with Gasteiger partial charge in [-0.05, 0) is 31.8 Å². The lowest BCUT2D eigenvalue weighted by atomic mass is 10.4. The maximum absolute atomic E-state index is 4.59. The lowest BCUT2D eigenvalue weighted by molar-refractivity contribution is 0.631. The van der Waals surface area contributed by atoms with Crippen LogP contribution in [0.4, 0.5) is 5.95 Å². The highest BCUT2D eigenvalue weighted by atomic mass is 15.4. The summed E-state index contributed by atoms with van der Waals surface area (Å²) in [6.45, 7) is 6.00. The van der Waals surface area contributed by atoms with Crippen LogP contribution in [0.2, 0.25) is 0 Å². The minimum absolute atomic E-state index is 0.585. The summed E-state index contributed by atoms with van der Waals surface area (Å²) in [6, 6.07) is 0.585. The highest BCUT2D eigenvalue weighted by Crippen LogP contribution is 2.36. The molecule has 0 bridgehead atoms. The number of anilines is 1. The summed E-state index contributed by atoms with van der Waals surface area (Å²) in [5.41, 5.74) is 0. The van der Waals surface area contributed by atoms with Gasteiger partial charge in [0.1, 0.15) is 0 Å². The third-order valence-electron chi connectivity index (χ3n) is 3.11. The Morgan fingerprint density at radius 1 is 1.27 bits per heavy atom. The largest absolute Gasteiger partial charge is 0.340 e. The minimum Gasteiger partial charge on any atom is -0.340 e. The Morgan fingerprint density at radius 2 is 2.00 bits per heavy atom. The molecule has 1 aromatic heterocycles. The fourth-order valence-corrected chi connectivity index (χ4v) is 2.10. The van der Waals surface area contributed by atoms with Gasteiger partial charge < -0.3 is 4.90 Å². The molecule has 1 saturated heterocycles. The van der Waals surface area contributed by atoms with Crippen molar-refractivity contribution in [1.82, 2.24) is 14.8 Å². The van der Waals surface area contributed by atoms with Crippen molar-refractivity contribution in [2.24, 2.45) is 0 Å². The molecule has 2 fully saturated rings. The van der Waals surface area contributed by atoms with Crippen molar-refractivity contribution in [3.05, 3.63) is 12.4 Å². The lowest BCUT2D eigenvalue weighted by Crippen LogP contribution is -2.19. The Kier molecular flexibility index (Phi) is 2.01. The second kappa shape index (κ2) is 3.36. The Bertz CT molecular complexity index is 372. The van der Waals surface area contributed by atoms with Gasteiger partial charge in [-0.15, -0.1) is 5.10 Å². The first kappa shape index (κ1) is 8.95. The van der Waals surface area contributed by atoms with Crippen molar-refractivity contribution in [3.63, 3.8) is 0 Å². The number of hydrogen-bond acceptors (Lipinski definition) is 3. The van der Waals surface area contributed by atoms with E-state index in [1.807, 2.05) is 10.8 Å². The van der Waals surface area contributed by atoms with E-state index >= 15 is 0 Å². The number of nitrogens with zero attached hydrogens (tertiary/aromatic N) is 4. The number of hydrogen-bond donors (Lipinski definition) is 0. The molecule has 0 aromatic carbocycles. The maximum atomic E-state index is 4.59. The molecule has 1 aliphatic heterocycles. The quantitative estimate of drug-likeness (QED) is 0.753. The molecular formula is C11H16N4. The van der Waals surface area contributed by atoms with Crippen LogP contribution in [-0.2, 0) is 0 Å². The monoisotopic (exact) mass is 204 g/mol. The van der Waals surface area contributed by atoms with E-state index in [0.29, 0.717) is 6.04 Å². The molecule has 0 N–H and O–H groups in total. The second-order valence-electron chi connectivity index (χ2n) is 4.34. The van der Waals surface area contributed by atoms with Crippen molar-refractivity contribution in [1.29, 1.82) is 0 Å². The molecule has 1 saturated carbocycles. The van der Waals surface area contributed by atoms with Crippen molar-refractivity contribution >= 4 is 12.0 Å². The Balaban J connectivity index is 1.91. The highest BCUT2D eigenvalue weighted by Gasteiger charge is 2.28. The molecule has 80 valence electrons. The average Bonchev–Trinajstić information content (AvgIpc) is 2.83. The van der Waals surface area contributed by atoms with Crippen molar-refractivity contribution < 1.29 is 0 Å². The summed E-state index contributed by atoms with van der Waals surface area (Å²) in [7, 11) is 0. The molecule has 2 heterocycles. The van der Waals surface area contributed by atoms with Crippen LogP contribution >= 0.6 is 0 Å². The maximum Gasteiger partial charge on any atom is 0.245 e. The van der Waals surface area contributed by atoms with Gasteiger partial charge in [0.2, 0.25) is 5.95 Å². The van der Waals surface area contributed by atoms with Crippen molar-refractivity contribution in [2.45, 2.75) is 31.7 Å². The van der Waals surface area contributed by atoms with E-state index in [0.717, 1.165) is 24.9 Å². The molecule has 4 heteroatoms. The smallest absolute Gasteiger partial charge is 0.245 e. The average molecular weight is 204 g/mol. The lowest BCUT2D eigenvalue weighted by Gasteiger charge is -2.10. The summed E-state index contributed by atoms with van der Waals surface area (Å²) in [6.07, 6.45) is 6.82. The zero-order valence-corrected chi connectivity index (χ0v) is 8.89. The molecule has 1 aliphatic carbocycles. The van der Waals surface area contributed by atoms with Crippen LogP contribution in [-0.4, -0.2) is 27.9 Å². The minimum atomic E-state index is 0.585. The molecule has 0 radical (unpaired) electrons. The van der Waals surface area contributed by atoms with Gasteiger partial charge in [-0.3, -0.25) is 0 Å². The van der Waals surface area contributed by atoms with Crippen LogP contribution in [0, 0.1) is 0 Å². The van der Waals surface area contributed by atoms with Gasteiger partial charge in [-0.2, -0.15) is 4.98 Å². The van der Waals surface area contributed by atoms with E-state index in [1.54, 1.807) is 0 Å². The van der Waals surface area contributed by atoms with E-state index < -0.39 is 0 Å². The first-order chi connectivity index (χ1) is 7.38. The van der Waals surface area contributed by atoms with Crippen LogP contribution in [0.5, 0.6) is 0 Å². The molecule has 0 spiro atoms. The molecule has 15 heavy (non-hydrogen) atoms. The molecule has 0 amide bonds. The SMILES string of the molecule is C=Cc1nc(N2CCCC2)nn1C1CC1. The van der Waals surface area contributed by atoms with Crippen LogP contribution in [0.25, 0.3) is 6.08 Å². The molecule has 3 rings (SSSR count). The van der Waals surface area contributed by atoms with E-state index in [1.165, 1.54) is 25.7 Å². The van der Waals surface area contributed by atoms with Crippen LogP contribution in [0.3, 0.4) is 0 Å². The van der Waals surface area contributed by atoms with Gasteiger partial charge in [0.25, 0.3) is 0 Å². The summed E-state index contributed by atoms with van der Waals surface area (Å²) in [4.78, 5) is 6.80. The number of rotatable bonds is 3. The van der Waals surface area contributed by atoms with Gasteiger partial charge in [0.05, 0.1) is 6.04 Å². The zero-order valence-electron chi connectivity index (χ0n) is 8.89. The molecule has 2 aliphatic rings. The third kappa shape index (κ3) is 1.54. The first-order valence-electron chi connectivity index (χ1n) is 5.72. The Hall–Kier alpha value is -1.32. The van der Waals surface area contributed by atoms with Gasteiger partial charge in [0.15, 0.2) is 5.82 Å². The fourth-order valence-electron chi connectivity index (χ4n) is 2.10. The Labute approximate surface area is 89.6 Å². The highest BCUT2D eigenvalue weighted by molar-refractivity contribution is 5.42. The summed E-state index contributed by atoms with van der Waals surface area (Å²) in [5.74, 6) is 1.83. The summed E-state index contributed by atoms with van der Waals surface area (Å²) in [5, 5.41) is 4.59. The second-order valence-corrected chi connectivity index (χ2v) is 4.34.